The molecule has 0 radical (unpaired) electrons. The summed E-state index contributed by atoms with van der Waals surface area (Å²) in [4.78, 5) is 42.8. The fraction of sp³-hybridized carbons (Fsp3) is 0.323. The lowest BCUT2D eigenvalue weighted by atomic mass is 10.2. The molecule has 1 fully saturated rings. The van der Waals surface area contributed by atoms with Crippen molar-refractivity contribution in [3.8, 4) is 11.5 Å². The molecule has 1 saturated heterocycles. The fourth-order valence-corrected chi connectivity index (χ4v) is 6.75. The van der Waals surface area contributed by atoms with Crippen LogP contribution in [-0.2, 0) is 4.74 Å². The average Bonchev–Trinajstić information content (AvgIpc) is 3.69. The predicted octanol–water partition coefficient (Wildman–Crippen LogP) is 5.50. The second-order valence-corrected chi connectivity index (χ2v) is 12.6. The molecule has 0 aliphatic carbocycles. The number of urea groups is 1. The van der Waals surface area contributed by atoms with Gasteiger partial charge < -0.3 is 29.3 Å². The number of methoxy groups -OCH3 is 2. The van der Waals surface area contributed by atoms with E-state index in [-0.39, 0.29) is 5.56 Å². The number of rotatable bonds is 11. The Bertz CT molecular complexity index is 1850. The fourth-order valence-electron chi connectivity index (χ4n) is 5.08. The van der Waals surface area contributed by atoms with E-state index in [9.17, 15) is 9.59 Å². The number of thiazole rings is 1. The van der Waals surface area contributed by atoms with Gasteiger partial charge in [0.25, 0.3) is 0 Å². The molecular formula is C31H34N8O5S2. The smallest absolute Gasteiger partial charge is 0.340 e. The second kappa shape index (κ2) is 14.2. The molecule has 6 rings (SSSR count). The number of benzene rings is 2. The van der Waals surface area contributed by atoms with Gasteiger partial charge in [0.05, 0.1) is 42.1 Å². The van der Waals surface area contributed by atoms with Crippen LogP contribution in [0.15, 0.2) is 48.1 Å². The summed E-state index contributed by atoms with van der Waals surface area (Å²) in [6, 6.07) is 10.6. The van der Waals surface area contributed by atoms with Crippen molar-refractivity contribution in [1.29, 1.82) is 0 Å². The molecule has 0 atom stereocenters. The highest BCUT2D eigenvalue weighted by Gasteiger charge is 2.18. The molecule has 2 aromatic carbocycles. The second-order valence-electron chi connectivity index (χ2n) is 10.7. The number of nitrogens with one attached hydrogen (secondary N) is 3. The lowest BCUT2D eigenvalue weighted by molar-refractivity contribution is 0.0602. The van der Waals surface area contributed by atoms with Gasteiger partial charge in [0.1, 0.15) is 17.1 Å². The first kappa shape index (κ1) is 31.4. The lowest BCUT2D eigenvalue weighted by Gasteiger charge is -2.32. The van der Waals surface area contributed by atoms with E-state index < -0.39 is 12.0 Å². The number of likely N-dealkylation sites (N-methyl/N-ethyl adjacent to an activating group) is 1. The van der Waals surface area contributed by atoms with Gasteiger partial charge in [-0.05, 0) is 49.2 Å². The van der Waals surface area contributed by atoms with Crippen molar-refractivity contribution >= 4 is 77.4 Å². The number of hydrogen-bond acceptors (Lipinski definition) is 13. The van der Waals surface area contributed by atoms with Gasteiger partial charge in [-0.3, -0.25) is 10.6 Å². The Hall–Kier alpha value is -4.57. The number of aromatic nitrogens is 3. The molecule has 3 N–H and O–H groups in total. The van der Waals surface area contributed by atoms with Crippen molar-refractivity contribution in [2.24, 2.45) is 0 Å². The monoisotopic (exact) mass is 662 g/mol. The normalized spacial score (nSPS) is 13.9. The molecule has 1 aliphatic heterocycles. The third-order valence-electron chi connectivity index (χ3n) is 7.56. The standard InChI is InChI=1S/C31H34N8O5S2/c1-38-9-11-39(12-10-38)8-4-13-44-25-17-23-21(16-24(25)42-2)27(33-18-32-23)34-19-5-6-22-26(15-19)46-31(35-22)37-30(41)36-28-20(7-14-45-28)29(40)43-3/h5-7,14-18H,4,8-13H2,1-3H3,(H,32,33,34)(H2,35,36,37,41). The van der Waals surface area contributed by atoms with Crippen molar-refractivity contribution in [2.45, 2.75) is 6.42 Å². The number of carbonyl (C=O) groups excluding carboxylic acids is 2. The Kier molecular flexibility index (Phi) is 9.73. The summed E-state index contributed by atoms with van der Waals surface area (Å²) < 4.78 is 17.4. The molecular weight excluding hydrogens is 629 g/mol. The SMILES string of the molecule is COC(=O)c1ccsc1NC(=O)Nc1nc2ccc(Nc3ncnc4cc(OCCCN5CCN(C)CC5)c(OC)cc34)cc2s1. The van der Waals surface area contributed by atoms with Gasteiger partial charge in [0.15, 0.2) is 16.6 Å². The summed E-state index contributed by atoms with van der Waals surface area (Å²) in [6.07, 6.45) is 2.44. The van der Waals surface area contributed by atoms with Crippen LogP contribution in [0.4, 0.5) is 26.4 Å². The van der Waals surface area contributed by atoms with Gasteiger partial charge in [-0.25, -0.2) is 24.5 Å². The highest BCUT2D eigenvalue weighted by Crippen LogP contribution is 2.36. The molecule has 3 aromatic heterocycles. The van der Waals surface area contributed by atoms with Crippen LogP contribution < -0.4 is 25.4 Å². The topological polar surface area (TPSA) is 143 Å². The van der Waals surface area contributed by atoms with Crippen molar-refractivity contribution in [2.75, 3.05) is 76.5 Å². The van der Waals surface area contributed by atoms with E-state index in [1.165, 1.54) is 36.1 Å². The van der Waals surface area contributed by atoms with Crippen LogP contribution >= 0.6 is 22.7 Å². The van der Waals surface area contributed by atoms with E-state index in [0.29, 0.717) is 34.1 Å². The highest BCUT2D eigenvalue weighted by atomic mass is 32.1. The van der Waals surface area contributed by atoms with Crippen LogP contribution in [-0.4, -0.2) is 97.4 Å². The Morgan fingerprint density at radius 3 is 2.63 bits per heavy atom. The van der Waals surface area contributed by atoms with Crippen LogP contribution in [0.5, 0.6) is 11.5 Å². The Labute approximate surface area is 273 Å². The summed E-state index contributed by atoms with van der Waals surface area (Å²) >= 11 is 2.55. The Morgan fingerprint density at radius 1 is 0.978 bits per heavy atom. The third kappa shape index (κ3) is 7.28. The van der Waals surface area contributed by atoms with E-state index >= 15 is 0 Å². The summed E-state index contributed by atoms with van der Waals surface area (Å²) in [5.41, 5.74) is 2.53. The number of carbonyl (C=O) groups is 2. The van der Waals surface area contributed by atoms with Crippen LogP contribution in [0.3, 0.4) is 0 Å². The summed E-state index contributed by atoms with van der Waals surface area (Å²) in [5.74, 6) is 1.35. The molecule has 0 unspecified atom stereocenters. The molecule has 240 valence electrons. The van der Waals surface area contributed by atoms with Crippen LogP contribution in [0.25, 0.3) is 21.1 Å². The van der Waals surface area contributed by atoms with Crippen LogP contribution in [0, 0.1) is 0 Å². The van der Waals surface area contributed by atoms with Crippen molar-refractivity contribution in [3.63, 3.8) is 0 Å². The van der Waals surface area contributed by atoms with E-state index in [0.717, 1.165) is 66.0 Å². The van der Waals surface area contributed by atoms with E-state index in [4.69, 9.17) is 14.2 Å². The number of fused-ring (bicyclic) bond motifs is 2. The minimum Gasteiger partial charge on any atom is -0.493 e. The summed E-state index contributed by atoms with van der Waals surface area (Å²) in [7, 11) is 5.08. The van der Waals surface area contributed by atoms with Gasteiger partial charge in [0, 0.05) is 49.9 Å². The third-order valence-corrected chi connectivity index (χ3v) is 9.33. The van der Waals surface area contributed by atoms with Crippen molar-refractivity contribution in [3.05, 3.63) is 53.7 Å². The molecule has 2 amide bonds. The molecule has 1 aliphatic rings. The number of anilines is 4. The first-order valence-electron chi connectivity index (χ1n) is 14.7. The maximum atomic E-state index is 12.6. The zero-order valence-corrected chi connectivity index (χ0v) is 27.3. The molecule has 4 heterocycles. The average molecular weight is 663 g/mol. The van der Waals surface area contributed by atoms with Crippen molar-refractivity contribution in [1.82, 2.24) is 24.8 Å². The van der Waals surface area contributed by atoms with Gasteiger partial charge in [-0.1, -0.05) is 11.3 Å². The molecule has 46 heavy (non-hydrogen) atoms. The number of ether oxygens (including phenoxy) is 3. The first-order chi connectivity index (χ1) is 22.4. The van der Waals surface area contributed by atoms with Gasteiger partial charge in [-0.2, -0.15) is 0 Å². The molecule has 5 aromatic rings. The zero-order valence-electron chi connectivity index (χ0n) is 25.7. The Morgan fingerprint density at radius 2 is 1.83 bits per heavy atom. The number of amides is 2. The summed E-state index contributed by atoms with van der Waals surface area (Å²) in [5, 5.41) is 12.1. The molecule has 0 saturated carbocycles. The maximum absolute atomic E-state index is 12.6. The summed E-state index contributed by atoms with van der Waals surface area (Å²) in [6.45, 7) is 5.96. The minimum atomic E-state index is -0.521. The number of nitrogens with zero attached hydrogens (tertiary/aromatic N) is 5. The van der Waals surface area contributed by atoms with E-state index in [1.54, 1.807) is 18.6 Å². The maximum Gasteiger partial charge on any atom is 0.340 e. The quantitative estimate of drug-likeness (QED) is 0.122. The van der Waals surface area contributed by atoms with Gasteiger partial charge in [0.2, 0.25) is 0 Å². The van der Waals surface area contributed by atoms with E-state index in [1.807, 2.05) is 30.3 Å². The minimum absolute atomic E-state index is 0.290. The largest absolute Gasteiger partial charge is 0.493 e. The molecule has 0 spiro atoms. The number of esters is 1. The lowest BCUT2D eigenvalue weighted by Crippen LogP contribution is -2.44. The molecule has 13 nitrogen and oxygen atoms in total. The van der Waals surface area contributed by atoms with Crippen LogP contribution in [0.2, 0.25) is 0 Å². The molecule has 0 bridgehead atoms. The van der Waals surface area contributed by atoms with Gasteiger partial charge >= 0.3 is 12.0 Å². The van der Waals surface area contributed by atoms with Crippen molar-refractivity contribution < 1.29 is 23.8 Å². The van der Waals surface area contributed by atoms with E-state index in [2.05, 4.69) is 47.7 Å². The molecule has 15 heteroatoms. The Balaban J connectivity index is 1.11. The number of thiophene rings is 1. The highest BCUT2D eigenvalue weighted by molar-refractivity contribution is 7.22. The van der Waals surface area contributed by atoms with Crippen LogP contribution in [0.1, 0.15) is 16.8 Å². The number of hydrogen-bond donors (Lipinski definition) is 3. The van der Waals surface area contributed by atoms with Gasteiger partial charge in [-0.15, -0.1) is 11.3 Å². The number of piperazine rings is 1. The first-order valence-corrected chi connectivity index (χ1v) is 16.4. The zero-order chi connectivity index (χ0) is 32.0. The predicted molar refractivity (Wildman–Crippen MR) is 181 cm³/mol.